The molecule has 0 aromatic carbocycles. The Morgan fingerprint density at radius 1 is 1.36 bits per heavy atom. The summed E-state index contributed by atoms with van der Waals surface area (Å²) in [6.45, 7) is 4.62. The van der Waals surface area contributed by atoms with Crippen molar-refractivity contribution >= 4 is 0 Å². The minimum Gasteiger partial charge on any atom is -0.339 e. The van der Waals surface area contributed by atoms with Crippen molar-refractivity contribution in [2.45, 2.75) is 44.3 Å². The normalized spacial score (nSPS) is 21.1. The van der Waals surface area contributed by atoms with Gasteiger partial charge in [0.25, 0.3) is 0 Å². The summed E-state index contributed by atoms with van der Waals surface area (Å²) >= 11 is 0. The highest BCUT2D eigenvalue weighted by molar-refractivity contribution is 5.21. The summed E-state index contributed by atoms with van der Waals surface area (Å²) in [4.78, 5) is 9.29. The Morgan fingerprint density at radius 3 is 3.00 bits per heavy atom. The highest BCUT2D eigenvalue weighted by Crippen LogP contribution is 2.38. The maximum Gasteiger partial charge on any atom is 0.229 e. The van der Waals surface area contributed by atoms with E-state index in [-0.39, 0.29) is 0 Å². The number of nitrogens with zero attached hydrogens (tertiary/aromatic N) is 7. The predicted molar refractivity (Wildman–Crippen MR) is 89.5 cm³/mol. The van der Waals surface area contributed by atoms with Gasteiger partial charge in [0.2, 0.25) is 5.89 Å². The van der Waals surface area contributed by atoms with E-state index < -0.39 is 0 Å². The van der Waals surface area contributed by atoms with Gasteiger partial charge in [0.05, 0.1) is 24.8 Å². The van der Waals surface area contributed by atoms with Crippen LogP contribution < -0.4 is 0 Å². The van der Waals surface area contributed by atoms with Crippen molar-refractivity contribution in [2.75, 3.05) is 26.7 Å². The number of likely N-dealkylation sites (tertiary alicyclic amines) is 1. The number of rotatable bonds is 7. The monoisotopic (exact) mass is 341 g/mol. The summed E-state index contributed by atoms with van der Waals surface area (Å²) in [6.07, 6.45) is 6.92. The van der Waals surface area contributed by atoms with Gasteiger partial charge < -0.3 is 4.52 Å². The highest BCUT2D eigenvalue weighted by atomic mass is 16.5. The van der Waals surface area contributed by atoms with Crippen molar-refractivity contribution in [2.24, 2.45) is 0 Å². The zero-order valence-corrected chi connectivity index (χ0v) is 14.5. The maximum absolute atomic E-state index is 8.85. The second kappa shape index (κ2) is 6.94. The van der Waals surface area contributed by atoms with Crippen LogP contribution in [0, 0.1) is 11.3 Å². The molecule has 0 radical (unpaired) electrons. The molecule has 0 bridgehead atoms. The third kappa shape index (κ3) is 3.89. The van der Waals surface area contributed by atoms with E-state index in [1.54, 1.807) is 12.4 Å². The Morgan fingerprint density at radius 2 is 2.24 bits per heavy atom. The van der Waals surface area contributed by atoms with Crippen molar-refractivity contribution in [3.8, 4) is 6.07 Å². The smallest absolute Gasteiger partial charge is 0.229 e. The van der Waals surface area contributed by atoms with Crippen molar-refractivity contribution in [1.82, 2.24) is 29.7 Å². The number of likely N-dealkylation sites (N-methyl/N-ethyl adjacent to an activating group) is 1. The lowest BCUT2D eigenvalue weighted by molar-refractivity contribution is 0.215. The SMILES string of the molecule is CN(Cc1noc(C2CC2)n1)C1CCN(CCn2cc(C#N)cn2)C1. The van der Waals surface area contributed by atoms with E-state index in [0.717, 1.165) is 50.9 Å². The fourth-order valence-corrected chi connectivity index (χ4v) is 3.34. The van der Waals surface area contributed by atoms with Gasteiger partial charge >= 0.3 is 0 Å². The Kier molecular flexibility index (Phi) is 4.51. The molecule has 2 aliphatic rings. The average Bonchev–Trinajstić information content (AvgIpc) is 3.05. The molecule has 0 spiro atoms. The molecule has 1 atom stereocenters. The first kappa shape index (κ1) is 16.2. The molecule has 2 aromatic heterocycles. The molecule has 132 valence electrons. The van der Waals surface area contributed by atoms with Gasteiger partial charge in [-0.1, -0.05) is 5.16 Å². The molecule has 8 heteroatoms. The molecule has 0 amide bonds. The van der Waals surface area contributed by atoms with Gasteiger partial charge in [0.1, 0.15) is 6.07 Å². The van der Waals surface area contributed by atoms with Crippen LogP contribution in [0.3, 0.4) is 0 Å². The standard InChI is InChI=1S/C17H23N7O/c1-22(12-16-20-17(25-21-16)14-2-3-14)15-4-5-23(11-15)6-7-24-10-13(8-18)9-19-24/h9-10,14-15H,2-7,11-12H2,1H3. The summed E-state index contributed by atoms with van der Waals surface area (Å²) in [5, 5.41) is 17.2. The molecule has 8 nitrogen and oxygen atoms in total. The highest BCUT2D eigenvalue weighted by Gasteiger charge is 2.30. The lowest BCUT2D eigenvalue weighted by Crippen LogP contribution is -2.35. The Bertz CT molecular complexity index is 757. The zero-order valence-electron chi connectivity index (χ0n) is 14.5. The van der Waals surface area contributed by atoms with Crippen LogP contribution >= 0.6 is 0 Å². The molecule has 25 heavy (non-hydrogen) atoms. The third-order valence-electron chi connectivity index (χ3n) is 5.08. The van der Waals surface area contributed by atoms with Gasteiger partial charge in [-0.2, -0.15) is 15.3 Å². The number of aromatic nitrogens is 4. The van der Waals surface area contributed by atoms with Gasteiger partial charge in [-0.25, -0.2) is 0 Å². The second-order valence-electron chi connectivity index (χ2n) is 7.09. The molecule has 0 N–H and O–H groups in total. The molecule has 2 aromatic rings. The molecule has 1 saturated heterocycles. The van der Waals surface area contributed by atoms with Crippen LogP contribution in [0.4, 0.5) is 0 Å². The topological polar surface area (TPSA) is 87.0 Å². The quantitative estimate of drug-likeness (QED) is 0.748. The third-order valence-corrected chi connectivity index (χ3v) is 5.08. The van der Waals surface area contributed by atoms with Gasteiger partial charge in [0, 0.05) is 31.2 Å². The Balaban J connectivity index is 1.24. The first-order valence-corrected chi connectivity index (χ1v) is 8.89. The first-order valence-electron chi connectivity index (χ1n) is 8.89. The Hall–Kier alpha value is -2.24. The average molecular weight is 341 g/mol. The van der Waals surface area contributed by atoms with Crippen molar-refractivity contribution < 1.29 is 4.52 Å². The summed E-state index contributed by atoms with van der Waals surface area (Å²) in [5.74, 6) is 2.12. The van der Waals surface area contributed by atoms with Crippen molar-refractivity contribution in [3.63, 3.8) is 0 Å². The van der Waals surface area contributed by atoms with E-state index in [1.807, 2.05) is 4.68 Å². The van der Waals surface area contributed by atoms with Crippen molar-refractivity contribution in [3.05, 3.63) is 29.7 Å². The lowest BCUT2D eigenvalue weighted by Gasteiger charge is -2.23. The minimum absolute atomic E-state index is 0.509. The summed E-state index contributed by atoms with van der Waals surface area (Å²) in [7, 11) is 2.13. The van der Waals surface area contributed by atoms with Crippen LogP contribution in [-0.4, -0.2) is 62.4 Å². The molecule has 4 rings (SSSR count). The number of hydrogen-bond acceptors (Lipinski definition) is 7. The minimum atomic E-state index is 0.509. The van der Waals surface area contributed by atoms with Crippen LogP contribution in [0.15, 0.2) is 16.9 Å². The van der Waals surface area contributed by atoms with E-state index >= 15 is 0 Å². The van der Waals surface area contributed by atoms with Crippen molar-refractivity contribution in [1.29, 1.82) is 5.26 Å². The molecule has 2 fully saturated rings. The molecule has 3 heterocycles. The largest absolute Gasteiger partial charge is 0.339 e. The molecule has 1 aliphatic carbocycles. The predicted octanol–water partition coefficient (Wildman–Crippen LogP) is 1.22. The van der Waals surface area contributed by atoms with Crippen LogP contribution in [-0.2, 0) is 13.1 Å². The van der Waals surface area contributed by atoms with E-state index in [2.05, 4.69) is 38.2 Å². The summed E-state index contributed by atoms with van der Waals surface area (Å²) < 4.78 is 7.18. The van der Waals surface area contributed by atoms with E-state index in [9.17, 15) is 0 Å². The number of nitriles is 1. The van der Waals surface area contributed by atoms with E-state index in [4.69, 9.17) is 9.78 Å². The van der Waals surface area contributed by atoms with Gasteiger partial charge in [-0.15, -0.1) is 0 Å². The molecule has 1 saturated carbocycles. The maximum atomic E-state index is 8.85. The fourth-order valence-electron chi connectivity index (χ4n) is 3.34. The number of hydrogen-bond donors (Lipinski definition) is 0. The molecule has 1 aliphatic heterocycles. The summed E-state index contributed by atoms with van der Waals surface area (Å²) in [6, 6.07) is 2.62. The van der Waals surface area contributed by atoms with Crippen LogP contribution in [0.2, 0.25) is 0 Å². The fraction of sp³-hybridized carbons (Fsp3) is 0.647. The summed E-state index contributed by atoms with van der Waals surface area (Å²) in [5.41, 5.74) is 0.615. The van der Waals surface area contributed by atoms with Gasteiger partial charge in [-0.05, 0) is 32.9 Å². The Labute approximate surface area is 147 Å². The van der Waals surface area contributed by atoms with Gasteiger partial charge in [-0.3, -0.25) is 14.5 Å². The zero-order chi connectivity index (χ0) is 17.2. The first-order chi connectivity index (χ1) is 12.2. The second-order valence-corrected chi connectivity index (χ2v) is 7.09. The van der Waals surface area contributed by atoms with E-state index in [0.29, 0.717) is 17.5 Å². The van der Waals surface area contributed by atoms with Crippen LogP contribution in [0.25, 0.3) is 0 Å². The lowest BCUT2D eigenvalue weighted by atomic mass is 10.2. The molecule has 1 unspecified atom stereocenters. The molecular formula is C17H23N7O. The van der Waals surface area contributed by atoms with Crippen LogP contribution in [0.1, 0.15) is 42.5 Å². The van der Waals surface area contributed by atoms with Gasteiger partial charge in [0.15, 0.2) is 5.82 Å². The van der Waals surface area contributed by atoms with Crippen LogP contribution in [0.5, 0.6) is 0 Å². The van der Waals surface area contributed by atoms with E-state index in [1.165, 1.54) is 12.8 Å². The molecular weight excluding hydrogens is 318 g/mol.